The number of aryl methyl sites for hydroxylation is 1. The molecule has 1 heterocycles. The second-order valence-electron chi connectivity index (χ2n) is 8.68. The number of hydrogen-bond donors (Lipinski definition) is 3. The minimum absolute atomic E-state index is 0.245. The number of ether oxygens (including phenoxy) is 1. The Morgan fingerprint density at radius 3 is 2.69 bits per heavy atom. The van der Waals surface area contributed by atoms with E-state index in [0.29, 0.717) is 18.6 Å². The van der Waals surface area contributed by atoms with Gasteiger partial charge < -0.3 is 25.4 Å². The number of carbonyl (C=O) groups excluding carboxylic acids is 2. The fourth-order valence-electron chi connectivity index (χ4n) is 4.64. The molecule has 36 heavy (non-hydrogen) atoms. The summed E-state index contributed by atoms with van der Waals surface area (Å²) in [6.45, 7) is 1.96. The maximum atomic E-state index is 13.9. The van der Waals surface area contributed by atoms with E-state index in [0.717, 1.165) is 32.1 Å². The molecule has 1 unspecified atom stereocenters. The van der Waals surface area contributed by atoms with Crippen molar-refractivity contribution < 1.29 is 24.2 Å². The largest absolute Gasteiger partial charge is 0.496 e. The van der Waals surface area contributed by atoms with Gasteiger partial charge in [-0.1, -0.05) is 53.2 Å². The molecule has 0 aromatic heterocycles. The van der Waals surface area contributed by atoms with E-state index in [2.05, 4.69) is 26.6 Å². The predicted octanol–water partition coefficient (Wildman–Crippen LogP) is 4.62. The fourth-order valence-corrected chi connectivity index (χ4v) is 5.02. The Balaban J connectivity index is 1.72. The van der Waals surface area contributed by atoms with Crippen LogP contribution in [0, 0.1) is 0 Å². The molecule has 1 aliphatic heterocycles. The van der Waals surface area contributed by atoms with Crippen LogP contribution in [0.15, 0.2) is 59.1 Å². The number of methoxy groups -OCH3 is 1. The first-order valence-electron chi connectivity index (χ1n) is 11.8. The Labute approximate surface area is 217 Å². The third-order valence-electron chi connectivity index (χ3n) is 6.47. The van der Waals surface area contributed by atoms with Crippen molar-refractivity contribution in [3.63, 3.8) is 0 Å². The number of amides is 3. The van der Waals surface area contributed by atoms with E-state index in [9.17, 15) is 14.4 Å². The van der Waals surface area contributed by atoms with Gasteiger partial charge in [0.25, 0.3) is 0 Å². The van der Waals surface area contributed by atoms with E-state index in [4.69, 9.17) is 9.84 Å². The van der Waals surface area contributed by atoms with E-state index in [1.807, 2.05) is 54.6 Å². The van der Waals surface area contributed by atoms with Crippen LogP contribution in [0.1, 0.15) is 30.9 Å². The molecule has 3 aromatic rings. The Morgan fingerprint density at radius 2 is 1.97 bits per heavy atom. The number of carboxylic acid groups (broad SMARTS) is 1. The van der Waals surface area contributed by atoms with Crippen LogP contribution in [0.3, 0.4) is 0 Å². The number of benzene rings is 3. The summed E-state index contributed by atoms with van der Waals surface area (Å²) in [5.41, 5.74) is 2.64. The quantitative estimate of drug-likeness (QED) is 0.395. The van der Waals surface area contributed by atoms with Gasteiger partial charge >= 0.3 is 6.09 Å². The molecule has 2 atom stereocenters. The van der Waals surface area contributed by atoms with Crippen LogP contribution in [0.2, 0.25) is 0 Å². The lowest BCUT2D eigenvalue weighted by atomic mass is 10.0. The van der Waals surface area contributed by atoms with Gasteiger partial charge in [-0.2, -0.15) is 0 Å². The highest BCUT2D eigenvalue weighted by atomic mass is 79.9. The van der Waals surface area contributed by atoms with Gasteiger partial charge in [0.05, 0.1) is 13.7 Å². The second kappa shape index (κ2) is 11.0. The Morgan fingerprint density at radius 1 is 1.19 bits per heavy atom. The highest BCUT2D eigenvalue weighted by Gasteiger charge is 2.33. The summed E-state index contributed by atoms with van der Waals surface area (Å²) in [7, 11) is 1.60. The number of nitrogens with zero attached hydrogens (tertiary/aromatic N) is 1. The summed E-state index contributed by atoms with van der Waals surface area (Å²) in [4.78, 5) is 39.5. The Kier molecular flexibility index (Phi) is 7.79. The second-order valence-corrected chi connectivity index (χ2v) is 9.59. The standard InChI is InChI=1S/C27H28BrN3O5/c1-3-21(30-27(34)35)25(32)29-22-12-8-16-6-4-5-7-23(16)31(26(22)33)15-20-19-11-10-18(28)14-17(19)9-13-24(20)36-2/h4-7,9-11,13-14,21-22,30H,3,8,12,15H2,1-2H3,(H,29,32)(H,34,35)/t21-,22?/m0/s1. The molecule has 4 rings (SSSR count). The highest BCUT2D eigenvalue weighted by Crippen LogP contribution is 2.35. The summed E-state index contributed by atoms with van der Waals surface area (Å²) in [5, 5.41) is 16.0. The molecule has 0 fully saturated rings. The van der Waals surface area contributed by atoms with Crippen LogP contribution in [0.4, 0.5) is 10.5 Å². The molecule has 0 radical (unpaired) electrons. The van der Waals surface area contributed by atoms with Gasteiger partial charge in [0.15, 0.2) is 0 Å². The van der Waals surface area contributed by atoms with Crippen molar-refractivity contribution in [2.24, 2.45) is 0 Å². The lowest BCUT2D eigenvalue weighted by Crippen LogP contribution is -2.53. The molecule has 188 valence electrons. The average Bonchev–Trinajstić information content (AvgIpc) is 2.99. The molecule has 3 aromatic carbocycles. The first kappa shape index (κ1) is 25.5. The first-order valence-corrected chi connectivity index (χ1v) is 12.6. The minimum atomic E-state index is -1.28. The molecule has 3 amide bonds. The van der Waals surface area contributed by atoms with Crippen molar-refractivity contribution in [3.8, 4) is 5.75 Å². The number of para-hydroxylation sites is 1. The highest BCUT2D eigenvalue weighted by molar-refractivity contribution is 9.10. The van der Waals surface area contributed by atoms with Crippen molar-refractivity contribution in [2.75, 3.05) is 12.0 Å². The number of carbonyl (C=O) groups is 3. The zero-order valence-electron chi connectivity index (χ0n) is 20.1. The number of hydrogen-bond acceptors (Lipinski definition) is 4. The Bertz CT molecular complexity index is 1310. The topological polar surface area (TPSA) is 108 Å². The summed E-state index contributed by atoms with van der Waals surface area (Å²) >= 11 is 3.52. The molecule has 0 saturated heterocycles. The molecular formula is C27H28BrN3O5. The van der Waals surface area contributed by atoms with Crippen LogP contribution in [-0.2, 0) is 22.6 Å². The summed E-state index contributed by atoms with van der Waals surface area (Å²) in [6, 6.07) is 15.8. The van der Waals surface area contributed by atoms with E-state index in [1.165, 1.54) is 0 Å². The van der Waals surface area contributed by atoms with Gasteiger partial charge in [-0.05, 0) is 59.9 Å². The van der Waals surface area contributed by atoms with E-state index < -0.39 is 24.1 Å². The number of rotatable bonds is 7. The molecular weight excluding hydrogens is 526 g/mol. The molecule has 9 heteroatoms. The van der Waals surface area contributed by atoms with Crippen molar-refractivity contribution >= 4 is 50.3 Å². The summed E-state index contributed by atoms with van der Waals surface area (Å²) < 4.78 is 6.62. The third kappa shape index (κ3) is 5.31. The molecule has 0 spiro atoms. The first-order chi connectivity index (χ1) is 17.3. The maximum Gasteiger partial charge on any atom is 0.405 e. The van der Waals surface area contributed by atoms with Gasteiger partial charge in [0.2, 0.25) is 11.8 Å². The van der Waals surface area contributed by atoms with Gasteiger partial charge in [-0.25, -0.2) is 4.79 Å². The van der Waals surface area contributed by atoms with Gasteiger partial charge in [0, 0.05) is 15.7 Å². The number of fused-ring (bicyclic) bond motifs is 2. The van der Waals surface area contributed by atoms with Crippen LogP contribution in [0.25, 0.3) is 10.8 Å². The lowest BCUT2D eigenvalue weighted by Gasteiger charge is -2.28. The number of anilines is 1. The van der Waals surface area contributed by atoms with Crippen LogP contribution in [0.5, 0.6) is 5.75 Å². The SMILES string of the molecule is CC[C@H](NC(=O)O)C(=O)NC1CCc2ccccc2N(Cc2c(OC)ccc3cc(Br)ccc23)C1=O. The summed E-state index contributed by atoms with van der Waals surface area (Å²) in [6.07, 6.45) is -0.0214. The molecule has 0 bridgehead atoms. The molecule has 1 aliphatic rings. The van der Waals surface area contributed by atoms with Crippen LogP contribution >= 0.6 is 15.9 Å². The van der Waals surface area contributed by atoms with E-state index in [-0.39, 0.29) is 18.9 Å². The summed E-state index contributed by atoms with van der Waals surface area (Å²) in [5.74, 6) is -0.108. The molecule has 8 nitrogen and oxygen atoms in total. The van der Waals surface area contributed by atoms with Crippen molar-refractivity contribution in [1.29, 1.82) is 0 Å². The normalized spacial score (nSPS) is 16.1. The smallest absolute Gasteiger partial charge is 0.405 e. The van der Waals surface area contributed by atoms with Crippen molar-refractivity contribution in [2.45, 2.75) is 44.8 Å². The zero-order chi connectivity index (χ0) is 25.8. The van der Waals surface area contributed by atoms with Crippen LogP contribution < -0.4 is 20.3 Å². The fraction of sp³-hybridized carbons (Fsp3) is 0.296. The van der Waals surface area contributed by atoms with E-state index >= 15 is 0 Å². The van der Waals surface area contributed by atoms with Gasteiger partial charge in [0.1, 0.15) is 17.8 Å². The van der Waals surface area contributed by atoms with E-state index in [1.54, 1.807) is 18.9 Å². The predicted molar refractivity (Wildman–Crippen MR) is 141 cm³/mol. The average molecular weight is 554 g/mol. The number of halogens is 1. The lowest BCUT2D eigenvalue weighted by molar-refractivity contribution is -0.128. The van der Waals surface area contributed by atoms with Crippen LogP contribution in [-0.4, -0.2) is 42.2 Å². The maximum absolute atomic E-state index is 13.9. The van der Waals surface area contributed by atoms with Crippen molar-refractivity contribution in [3.05, 3.63) is 70.2 Å². The van der Waals surface area contributed by atoms with Gasteiger partial charge in [-0.15, -0.1) is 0 Å². The Hall–Kier alpha value is -3.59. The molecule has 3 N–H and O–H groups in total. The monoisotopic (exact) mass is 553 g/mol. The third-order valence-corrected chi connectivity index (χ3v) is 6.97. The zero-order valence-corrected chi connectivity index (χ0v) is 21.7. The minimum Gasteiger partial charge on any atom is -0.496 e. The number of nitrogens with one attached hydrogen (secondary N) is 2. The molecule has 0 aliphatic carbocycles. The van der Waals surface area contributed by atoms with Gasteiger partial charge in [-0.3, -0.25) is 9.59 Å². The molecule has 0 saturated carbocycles. The van der Waals surface area contributed by atoms with Crippen molar-refractivity contribution in [1.82, 2.24) is 10.6 Å².